The predicted molar refractivity (Wildman–Crippen MR) is 57.2 cm³/mol. The summed E-state index contributed by atoms with van der Waals surface area (Å²) in [7, 11) is 0. The number of carbonyl (C=O) groups excluding carboxylic acids is 1. The average Bonchev–Trinajstić information content (AvgIpc) is 2.25. The Kier molecular flexibility index (Phi) is 4.34. The fraction of sp³-hybridized carbons (Fsp3) is 0.273. The molecule has 15 heavy (non-hydrogen) atoms. The average molecular weight is 207 g/mol. The van der Waals surface area contributed by atoms with Crippen molar-refractivity contribution < 1.29 is 14.7 Å². The molecule has 1 rings (SSSR count). The van der Waals surface area contributed by atoms with Gasteiger partial charge < -0.3 is 10.4 Å². The standard InChI is InChI=1S/C11H13NO3/c13-8-9-3-5-10(6-4-9)12-7-1-2-11(14)15/h3-6,8,12H,1-2,7H2,(H,14,15). The Hall–Kier alpha value is -1.84. The van der Waals surface area contributed by atoms with Crippen LogP contribution in [0, 0.1) is 0 Å². The highest BCUT2D eigenvalue weighted by Crippen LogP contribution is 2.08. The molecule has 0 atom stereocenters. The molecule has 1 aromatic carbocycles. The van der Waals surface area contributed by atoms with Gasteiger partial charge in [0, 0.05) is 24.2 Å². The van der Waals surface area contributed by atoms with Crippen LogP contribution in [-0.2, 0) is 4.79 Å². The molecule has 0 unspecified atom stereocenters. The number of rotatable bonds is 6. The highest BCUT2D eigenvalue weighted by molar-refractivity contribution is 5.75. The fourth-order valence-electron chi connectivity index (χ4n) is 1.15. The van der Waals surface area contributed by atoms with Crippen molar-refractivity contribution in [1.29, 1.82) is 0 Å². The van der Waals surface area contributed by atoms with Crippen LogP contribution in [0.3, 0.4) is 0 Å². The molecule has 1 aromatic rings. The summed E-state index contributed by atoms with van der Waals surface area (Å²) in [5.41, 5.74) is 1.53. The molecule has 0 fully saturated rings. The van der Waals surface area contributed by atoms with E-state index in [1.165, 1.54) is 0 Å². The second-order valence-electron chi connectivity index (χ2n) is 3.16. The molecule has 80 valence electrons. The van der Waals surface area contributed by atoms with E-state index in [9.17, 15) is 9.59 Å². The minimum absolute atomic E-state index is 0.166. The molecule has 0 saturated carbocycles. The molecule has 0 saturated heterocycles. The Balaban J connectivity index is 2.31. The summed E-state index contributed by atoms with van der Waals surface area (Å²) >= 11 is 0. The van der Waals surface area contributed by atoms with Gasteiger partial charge in [-0.25, -0.2) is 0 Å². The maximum atomic E-state index is 10.4. The number of carboxylic acid groups (broad SMARTS) is 1. The van der Waals surface area contributed by atoms with Crippen molar-refractivity contribution in [2.24, 2.45) is 0 Å². The van der Waals surface area contributed by atoms with Crippen LogP contribution in [0.4, 0.5) is 5.69 Å². The van der Waals surface area contributed by atoms with E-state index in [4.69, 9.17) is 5.11 Å². The van der Waals surface area contributed by atoms with Crippen molar-refractivity contribution >= 4 is 17.9 Å². The molecule has 0 heterocycles. The van der Waals surface area contributed by atoms with Crippen molar-refractivity contribution in [2.45, 2.75) is 12.8 Å². The summed E-state index contributed by atoms with van der Waals surface area (Å²) in [5.74, 6) is -0.784. The Labute approximate surface area is 87.9 Å². The number of carboxylic acids is 1. The quantitative estimate of drug-likeness (QED) is 0.551. The molecule has 2 N–H and O–H groups in total. The number of benzene rings is 1. The molecule has 0 bridgehead atoms. The predicted octanol–water partition coefficient (Wildman–Crippen LogP) is 1.78. The number of anilines is 1. The number of aldehydes is 1. The Morgan fingerprint density at radius 3 is 2.53 bits per heavy atom. The normalized spacial score (nSPS) is 9.60. The smallest absolute Gasteiger partial charge is 0.303 e. The first kappa shape index (κ1) is 11.2. The second kappa shape index (κ2) is 5.80. The van der Waals surface area contributed by atoms with Crippen molar-refractivity contribution in [3.05, 3.63) is 29.8 Å². The number of hydrogen-bond donors (Lipinski definition) is 2. The number of carbonyl (C=O) groups is 2. The molecular weight excluding hydrogens is 194 g/mol. The van der Waals surface area contributed by atoms with Gasteiger partial charge >= 0.3 is 5.97 Å². The molecule has 0 aliphatic rings. The lowest BCUT2D eigenvalue weighted by Crippen LogP contribution is -2.04. The van der Waals surface area contributed by atoms with Crippen LogP contribution in [0.2, 0.25) is 0 Å². The third kappa shape index (κ3) is 4.26. The summed E-state index contributed by atoms with van der Waals surface area (Å²) in [4.78, 5) is 20.6. The van der Waals surface area contributed by atoms with Gasteiger partial charge in [-0.05, 0) is 30.7 Å². The summed E-state index contributed by atoms with van der Waals surface area (Å²) in [6.45, 7) is 0.618. The van der Waals surface area contributed by atoms with Crippen molar-refractivity contribution in [3.8, 4) is 0 Å². The van der Waals surface area contributed by atoms with Gasteiger partial charge in [0.25, 0.3) is 0 Å². The summed E-state index contributed by atoms with van der Waals surface area (Å²) in [6.07, 6.45) is 1.54. The van der Waals surface area contributed by atoms with E-state index in [1.807, 2.05) is 0 Å². The molecule has 0 aliphatic carbocycles. The van der Waals surface area contributed by atoms with Gasteiger partial charge in [-0.2, -0.15) is 0 Å². The topological polar surface area (TPSA) is 66.4 Å². The Morgan fingerprint density at radius 1 is 1.33 bits per heavy atom. The van der Waals surface area contributed by atoms with Crippen LogP contribution in [0.25, 0.3) is 0 Å². The van der Waals surface area contributed by atoms with E-state index in [-0.39, 0.29) is 6.42 Å². The van der Waals surface area contributed by atoms with E-state index in [0.29, 0.717) is 18.5 Å². The third-order valence-corrected chi connectivity index (χ3v) is 1.94. The van der Waals surface area contributed by atoms with Crippen molar-refractivity contribution in [2.75, 3.05) is 11.9 Å². The number of nitrogens with one attached hydrogen (secondary N) is 1. The molecule has 0 spiro atoms. The van der Waals surface area contributed by atoms with Crippen molar-refractivity contribution in [1.82, 2.24) is 0 Å². The lowest BCUT2D eigenvalue weighted by atomic mass is 10.2. The van der Waals surface area contributed by atoms with Gasteiger partial charge in [0.05, 0.1) is 0 Å². The molecule has 0 aromatic heterocycles. The van der Waals surface area contributed by atoms with Crippen LogP contribution >= 0.6 is 0 Å². The van der Waals surface area contributed by atoms with Crippen LogP contribution in [-0.4, -0.2) is 23.9 Å². The Morgan fingerprint density at radius 2 is 2.00 bits per heavy atom. The molecule has 0 radical (unpaired) electrons. The fourth-order valence-corrected chi connectivity index (χ4v) is 1.15. The van der Waals surface area contributed by atoms with E-state index >= 15 is 0 Å². The minimum atomic E-state index is -0.784. The first-order chi connectivity index (χ1) is 7.22. The zero-order valence-electron chi connectivity index (χ0n) is 8.27. The van der Waals surface area contributed by atoms with E-state index in [0.717, 1.165) is 12.0 Å². The second-order valence-corrected chi connectivity index (χ2v) is 3.16. The lowest BCUT2D eigenvalue weighted by Gasteiger charge is -2.04. The highest BCUT2D eigenvalue weighted by atomic mass is 16.4. The molecule has 0 aliphatic heterocycles. The summed E-state index contributed by atoms with van der Waals surface area (Å²) in [5, 5.41) is 11.5. The SMILES string of the molecule is O=Cc1ccc(NCCCC(=O)O)cc1. The number of aliphatic carboxylic acids is 1. The first-order valence-electron chi connectivity index (χ1n) is 4.73. The largest absolute Gasteiger partial charge is 0.481 e. The molecule has 4 nitrogen and oxygen atoms in total. The van der Waals surface area contributed by atoms with Gasteiger partial charge in [0.2, 0.25) is 0 Å². The zero-order chi connectivity index (χ0) is 11.1. The molecular formula is C11H13NO3. The van der Waals surface area contributed by atoms with Gasteiger partial charge in [-0.1, -0.05) is 0 Å². The van der Waals surface area contributed by atoms with Gasteiger partial charge in [-0.3, -0.25) is 9.59 Å². The van der Waals surface area contributed by atoms with E-state index < -0.39 is 5.97 Å². The van der Waals surface area contributed by atoms with E-state index in [2.05, 4.69) is 5.32 Å². The summed E-state index contributed by atoms with van der Waals surface area (Å²) < 4.78 is 0. The maximum Gasteiger partial charge on any atom is 0.303 e. The lowest BCUT2D eigenvalue weighted by molar-refractivity contribution is -0.137. The van der Waals surface area contributed by atoms with E-state index in [1.54, 1.807) is 24.3 Å². The molecule has 0 amide bonds. The maximum absolute atomic E-state index is 10.4. The third-order valence-electron chi connectivity index (χ3n) is 1.94. The van der Waals surface area contributed by atoms with Gasteiger partial charge in [0.1, 0.15) is 6.29 Å². The van der Waals surface area contributed by atoms with Crippen LogP contribution in [0.1, 0.15) is 23.2 Å². The van der Waals surface area contributed by atoms with Crippen LogP contribution in [0.15, 0.2) is 24.3 Å². The minimum Gasteiger partial charge on any atom is -0.481 e. The first-order valence-corrected chi connectivity index (χ1v) is 4.73. The highest BCUT2D eigenvalue weighted by Gasteiger charge is 1.96. The van der Waals surface area contributed by atoms with Crippen molar-refractivity contribution in [3.63, 3.8) is 0 Å². The zero-order valence-corrected chi connectivity index (χ0v) is 8.27. The van der Waals surface area contributed by atoms with Crippen LogP contribution < -0.4 is 5.32 Å². The summed E-state index contributed by atoms with van der Waals surface area (Å²) in [6, 6.07) is 7.02. The number of hydrogen-bond acceptors (Lipinski definition) is 3. The van der Waals surface area contributed by atoms with Gasteiger partial charge in [0.15, 0.2) is 0 Å². The van der Waals surface area contributed by atoms with Crippen LogP contribution in [0.5, 0.6) is 0 Å². The monoisotopic (exact) mass is 207 g/mol. The Bertz CT molecular complexity index is 332. The molecule has 4 heteroatoms. The van der Waals surface area contributed by atoms with Gasteiger partial charge in [-0.15, -0.1) is 0 Å².